The Morgan fingerprint density at radius 1 is 1.46 bits per heavy atom. The third kappa shape index (κ3) is 4.71. The average molecular weight is 333 g/mol. The second kappa shape index (κ2) is 8.90. The molecule has 1 aromatic carbocycles. The van der Waals surface area contributed by atoms with E-state index in [1.807, 2.05) is 36.1 Å². The number of benzene rings is 1. The number of aldehydes is 1. The lowest BCUT2D eigenvalue weighted by molar-refractivity contribution is -0.110. The highest BCUT2D eigenvalue weighted by molar-refractivity contribution is 5.91. The number of hydrogen-bond donors (Lipinski definition) is 2. The molecule has 1 heterocycles. The maximum Gasteiger partial charge on any atom is 0.407 e. The molecule has 7 heteroatoms. The van der Waals surface area contributed by atoms with E-state index in [1.165, 1.54) is 0 Å². The molecule has 0 radical (unpaired) electrons. The summed E-state index contributed by atoms with van der Waals surface area (Å²) in [7, 11) is 0. The molecule has 0 saturated heterocycles. The summed E-state index contributed by atoms with van der Waals surface area (Å²) in [5, 5.41) is 5.54. The molecule has 1 aliphatic heterocycles. The predicted octanol–water partition coefficient (Wildman–Crippen LogP) is 2.17. The fraction of sp³-hybridized carbons (Fsp3) is 0.471. The highest BCUT2D eigenvalue weighted by Gasteiger charge is 2.25. The minimum Gasteiger partial charge on any atom is -0.442 e. The van der Waals surface area contributed by atoms with Crippen molar-refractivity contribution in [2.75, 3.05) is 25.0 Å². The first-order valence-electron chi connectivity index (χ1n) is 8.15. The minimum absolute atomic E-state index is 0.0192. The van der Waals surface area contributed by atoms with Crippen molar-refractivity contribution in [2.24, 2.45) is 0 Å². The van der Waals surface area contributed by atoms with Crippen LogP contribution in [0.3, 0.4) is 0 Å². The van der Waals surface area contributed by atoms with Crippen LogP contribution >= 0.6 is 0 Å². The van der Waals surface area contributed by atoms with Gasteiger partial charge in [-0.05, 0) is 30.9 Å². The van der Waals surface area contributed by atoms with Crippen molar-refractivity contribution in [3.8, 4) is 0 Å². The Hall–Kier alpha value is -2.57. The summed E-state index contributed by atoms with van der Waals surface area (Å²) in [5.41, 5.74) is 1.98. The molecule has 2 rings (SSSR count). The highest BCUT2D eigenvalue weighted by Crippen LogP contribution is 2.22. The molecule has 3 amide bonds. The first-order valence-corrected chi connectivity index (χ1v) is 8.15. The van der Waals surface area contributed by atoms with Crippen molar-refractivity contribution in [3.05, 3.63) is 29.8 Å². The summed E-state index contributed by atoms with van der Waals surface area (Å²) in [6.45, 7) is 2.78. The van der Waals surface area contributed by atoms with E-state index in [1.54, 1.807) is 0 Å². The fourth-order valence-electron chi connectivity index (χ4n) is 2.82. The van der Waals surface area contributed by atoms with Gasteiger partial charge in [0, 0.05) is 24.8 Å². The highest BCUT2D eigenvalue weighted by atomic mass is 16.5. The van der Waals surface area contributed by atoms with Crippen LogP contribution in [0.25, 0.3) is 0 Å². The first kappa shape index (κ1) is 17.8. The smallest absolute Gasteiger partial charge is 0.407 e. The third-order valence-corrected chi connectivity index (χ3v) is 4.08. The molecule has 24 heavy (non-hydrogen) atoms. The topological polar surface area (TPSA) is 87.7 Å². The number of hydrogen-bond acceptors (Lipinski definition) is 4. The van der Waals surface area contributed by atoms with E-state index in [0.29, 0.717) is 25.8 Å². The normalized spacial score (nSPS) is 14.9. The summed E-state index contributed by atoms with van der Waals surface area (Å²) in [6, 6.07) is 7.70. The van der Waals surface area contributed by atoms with Gasteiger partial charge in [0.1, 0.15) is 6.61 Å². The lowest BCUT2D eigenvalue weighted by Gasteiger charge is -2.29. The summed E-state index contributed by atoms with van der Waals surface area (Å²) in [4.78, 5) is 35.8. The SMILES string of the molecule is CCC(CCNC(=O)OCC=O)N1CCc2ccccc2NC1=O. The van der Waals surface area contributed by atoms with Gasteiger partial charge in [0.2, 0.25) is 0 Å². The zero-order valence-electron chi connectivity index (χ0n) is 13.8. The number of carbonyl (C=O) groups is 3. The van der Waals surface area contributed by atoms with Gasteiger partial charge in [0.25, 0.3) is 0 Å². The van der Waals surface area contributed by atoms with Crippen LogP contribution in [0.1, 0.15) is 25.3 Å². The van der Waals surface area contributed by atoms with Crippen molar-refractivity contribution in [3.63, 3.8) is 0 Å². The predicted molar refractivity (Wildman–Crippen MR) is 90.0 cm³/mol. The third-order valence-electron chi connectivity index (χ3n) is 4.08. The molecule has 0 fully saturated rings. The molecule has 7 nitrogen and oxygen atoms in total. The molecule has 0 aromatic heterocycles. The Labute approximate surface area is 141 Å². The van der Waals surface area contributed by atoms with E-state index in [2.05, 4.69) is 15.4 Å². The number of ether oxygens (including phenoxy) is 1. The summed E-state index contributed by atoms with van der Waals surface area (Å²) in [5.74, 6) is 0. The van der Waals surface area contributed by atoms with Gasteiger partial charge in [0.15, 0.2) is 6.29 Å². The zero-order chi connectivity index (χ0) is 17.4. The Morgan fingerprint density at radius 3 is 3.00 bits per heavy atom. The number of alkyl carbamates (subject to hydrolysis) is 1. The summed E-state index contributed by atoms with van der Waals surface area (Å²) in [6.07, 6.45) is 2.10. The van der Waals surface area contributed by atoms with Crippen LogP contribution in [0, 0.1) is 0 Å². The van der Waals surface area contributed by atoms with Crippen LogP contribution < -0.4 is 10.6 Å². The van der Waals surface area contributed by atoms with Gasteiger partial charge in [-0.2, -0.15) is 0 Å². The number of para-hydroxylation sites is 1. The van der Waals surface area contributed by atoms with Gasteiger partial charge in [0.05, 0.1) is 0 Å². The first-order chi connectivity index (χ1) is 11.7. The Morgan fingerprint density at radius 2 is 2.25 bits per heavy atom. The number of rotatable bonds is 7. The monoisotopic (exact) mass is 333 g/mol. The minimum atomic E-state index is -0.621. The van der Waals surface area contributed by atoms with Gasteiger partial charge in [-0.25, -0.2) is 9.59 Å². The molecule has 0 saturated carbocycles. The Bertz CT molecular complexity index is 591. The van der Waals surface area contributed by atoms with E-state index in [9.17, 15) is 14.4 Å². The standard InChI is InChI=1S/C17H23N3O4/c1-2-14(7-9-18-17(23)24-12-11-21)20-10-8-13-5-3-4-6-15(13)19-16(20)22/h3-6,11,14H,2,7-10,12H2,1H3,(H,18,23)(H,19,22). The molecule has 1 aromatic rings. The average Bonchev–Trinajstić information content (AvgIpc) is 2.75. The molecule has 0 aliphatic carbocycles. The van der Waals surface area contributed by atoms with Crippen LogP contribution in [0.4, 0.5) is 15.3 Å². The van der Waals surface area contributed by atoms with E-state index in [0.717, 1.165) is 24.1 Å². The zero-order valence-corrected chi connectivity index (χ0v) is 13.8. The molecule has 0 spiro atoms. The number of urea groups is 1. The molecule has 1 unspecified atom stereocenters. The van der Waals surface area contributed by atoms with E-state index in [4.69, 9.17) is 0 Å². The lowest BCUT2D eigenvalue weighted by atomic mass is 10.1. The van der Waals surface area contributed by atoms with Crippen LogP contribution in [0.2, 0.25) is 0 Å². The number of nitrogens with zero attached hydrogens (tertiary/aromatic N) is 1. The van der Waals surface area contributed by atoms with Crippen LogP contribution in [0.15, 0.2) is 24.3 Å². The molecule has 1 aliphatic rings. The van der Waals surface area contributed by atoms with Crippen molar-refractivity contribution in [1.29, 1.82) is 0 Å². The van der Waals surface area contributed by atoms with Crippen molar-refractivity contribution in [2.45, 2.75) is 32.2 Å². The molecule has 2 N–H and O–H groups in total. The van der Waals surface area contributed by atoms with E-state index < -0.39 is 6.09 Å². The number of nitrogens with one attached hydrogen (secondary N) is 2. The summed E-state index contributed by atoms with van der Waals surface area (Å²) >= 11 is 0. The Balaban J connectivity index is 1.89. The number of carbonyl (C=O) groups excluding carboxylic acids is 3. The maximum absolute atomic E-state index is 12.5. The molecule has 1 atom stereocenters. The van der Waals surface area contributed by atoms with Gasteiger partial charge in [-0.3, -0.25) is 4.79 Å². The van der Waals surface area contributed by atoms with Crippen LogP contribution in [0.5, 0.6) is 0 Å². The number of anilines is 1. The Kier molecular flexibility index (Phi) is 6.60. The van der Waals surface area contributed by atoms with E-state index in [-0.39, 0.29) is 18.7 Å². The van der Waals surface area contributed by atoms with Crippen LogP contribution in [-0.2, 0) is 16.0 Å². The molecule has 130 valence electrons. The fourth-order valence-corrected chi connectivity index (χ4v) is 2.82. The van der Waals surface area contributed by atoms with Crippen LogP contribution in [-0.4, -0.2) is 49.0 Å². The van der Waals surface area contributed by atoms with Crippen molar-refractivity contribution in [1.82, 2.24) is 10.2 Å². The van der Waals surface area contributed by atoms with E-state index >= 15 is 0 Å². The summed E-state index contributed by atoms with van der Waals surface area (Å²) < 4.78 is 4.62. The van der Waals surface area contributed by atoms with Gasteiger partial charge < -0.3 is 20.3 Å². The molecular weight excluding hydrogens is 310 g/mol. The molecule has 0 bridgehead atoms. The maximum atomic E-state index is 12.5. The molecular formula is C17H23N3O4. The van der Waals surface area contributed by atoms with Crippen molar-refractivity contribution >= 4 is 24.1 Å². The van der Waals surface area contributed by atoms with Gasteiger partial charge >= 0.3 is 12.1 Å². The van der Waals surface area contributed by atoms with Gasteiger partial charge in [-0.1, -0.05) is 25.1 Å². The van der Waals surface area contributed by atoms with Crippen molar-refractivity contribution < 1.29 is 19.1 Å². The quantitative estimate of drug-likeness (QED) is 0.749. The van der Waals surface area contributed by atoms with Gasteiger partial charge in [-0.15, -0.1) is 0 Å². The second-order valence-corrected chi connectivity index (χ2v) is 5.57. The largest absolute Gasteiger partial charge is 0.442 e. The number of fused-ring (bicyclic) bond motifs is 1. The number of amides is 3. The lowest BCUT2D eigenvalue weighted by Crippen LogP contribution is -2.44. The second-order valence-electron chi connectivity index (χ2n) is 5.57.